The number of aliphatic hydroxyl groups excluding tert-OH is 1. The maximum atomic E-state index is 13.1. The largest absolute Gasteiger partial charge is 0.472 e. The first-order chi connectivity index (χ1) is 44.7. The van der Waals surface area contributed by atoms with Crippen LogP contribution in [0.15, 0.2) is 0 Å². The smallest absolute Gasteiger partial charge is 0.462 e. The van der Waals surface area contributed by atoms with E-state index in [1.54, 1.807) is 0 Å². The van der Waals surface area contributed by atoms with Crippen LogP contribution in [0.4, 0.5) is 0 Å². The van der Waals surface area contributed by atoms with E-state index in [1.807, 2.05) is 0 Å². The standard InChI is InChI=1S/C74H144O17P2/c1-9-66(7)52-44-36-28-21-18-19-22-29-38-46-54-71(76)84-60-69(90-73(78)56-48-40-30-23-17-15-13-11-12-14-16-20-26-34-42-50-64(3)4)62-88-92(80,81)86-58-68(75)59-87-93(82,83)89-63-70(61-85-72(77)55-47-39-33-32-37-45-53-67(8)10-2)91-74(79)57-49-41-31-25-24-27-35-43-51-65(5)6/h64-70,75H,9-63H2,1-8H3,(H,80,81)(H,82,83)/t66?,67?,68-,69-,70-/m1/s1. The molecule has 7 atom stereocenters. The van der Waals surface area contributed by atoms with Crippen molar-refractivity contribution in [2.75, 3.05) is 39.6 Å². The molecule has 0 radical (unpaired) electrons. The highest BCUT2D eigenvalue weighted by molar-refractivity contribution is 7.47. The molecule has 0 fully saturated rings. The quantitative estimate of drug-likeness (QED) is 0.0222. The molecule has 0 aliphatic heterocycles. The van der Waals surface area contributed by atoms with E-state index in [1.165, 1.54) is 167 Å². The number of hydrogen-bond acceptors (Lipinski definition) is 15. The summed E-state index contributed by atoms with van der Waals surface area (Å²) in [5.41, 5.74) is 0. The molecule has 0 amide bonds. The van der Waals surface area contributed by atoms with Gasteiger partial charge in [0.05, 0.1) is 26.4 Å². The third-order valence-electron chi connectivity index (χ3n) is 17.8. The van der Waals surface area contributed by atoms with E-state index < -0.39 is 97.5 Å². The molecule has 0 aliphatic carbocycles. The topological polar surface area (TPSA) is 237 Å². The second kappa shape index (κ2) is 63.5. The van der Waals surface area contributed by atoms with Crippen molar-refractivity contribution in [3.8, 4) is 0 Å². The molecule has 17 nitrogen and oxygen atoms in total. The maximum Gasteiger partial charge on any atom is 0.472 e. The third-order valence-corrected chi connectivity index (χ3v) is 19.7. The average molecular weight is 1370 g/mol. The lowest BCUT2D eigenvalue weighted by Crippen LogP contribution is -2.30. The highest BCUT2D eigenvalue weighted by Crippen LogP contribution is 2.45. The van der Waals surface area contributed by atoms with E-state index in [0.29, 0.717) is 25.7 Å². The minimum absolute atomic E-state index is 0.103. The number of aliphatic hydroxyl groups is 1. The molecule has 0 saturated carbocycles. The zero-order valence-corrected chi connectivity index (χ0v) is 62.7. The van der Waals surface area contributed by atoms with Gasteiger partial charge >= 0.3 is 39.5 Å². The zero-order chi connectivity index (χ0) is 68.9. The Hall–Kier alpha value is -1.94. The van der Waals surface area contributed by atoms with Gasteiger partial charge in [0.2, 0.25) is 0 Å². The van der Waals surface area contributed by atoms with Crippen LogP contribution in [0.3, 0.4) is 0 Å². The Labute approximate surface area is 568 Å². The highest BCUT2D eigenvalue weighted by atomic mass is 31.2. The number of carbonyl (C=O) groups excluding carboxylic acids is 4. The molecule has 0 aromatic heterocycles. The van der Waals surface area contributed by atoms with Gasteiger partial charge in [-0.3, -0.25) is 37.3 Å². The van der Waals surface area contributed by atoms with E-state index in [2.05, 4.69) is 55.4 Å². The normalized spacial score (nSPS) is 14.8. The van der Waals surface area contributed by atoms with Crippen LogP contribution in [-0.4, -0.2) is 96.7 Å². The number of hydrogen-bond donors (Lipinski definition) is 3. The first kappa shape index (κ1) is 91.1. The van der Waals surface area contributed by atoms with E-state index in [0.717, 1.165) is 120 Å². The summed E-state index contributed by atoms with van der Waals surface area (Å²) in [4.78, 5) is 72.7. The molecule has 552 valence electrons. The zero-order valence-electron chi connectivity index (χ0n) is 60.9. The molecule has 0 bridgehead atoms. The van der Waals surface area contributed by atoms with Crippen LogP contribution >= 0.6 is 15.6 Å². The number of unbranched alkanes of at least 4 members (excludes halogenated alkanes) is 35. The van der Waals surface area contributed by atoms with Crippen molar-refractivity contribution in [3.05, 3.63) is 0 Å². The molecule has 19 heteroatoms. The monoisotopic (exact) mass is 1370 g/mol. The van der Waals surface area contributed by atoms with Gasteiger partial charge in [0, 0.05) is 25.7 Å². The van der Waals surface area contributed by atoms with Crippen molar-refractivity contribution in [2.24, 2.45) is 23.7 Å². The van der Waals surface area contributed by atoms with Gasteiger partial charge in [0.25, 0.3) is 0 Å². The van der Waals surface area contributed by atoms with Crippen LogP contribution in [0.25, 0.3) is 0 Å². The Morgan fingerprint density at radius 3 is 0.763 bits per heavy atom. The van der Waals surface area contributed by atoms with Gasteiger partial charge in [-0.1, -0.05) is 319 Å². The van der Waals surface area contributed by atoms with Crippen molar-refractivity contribution < 1.29 is 80.2 Å². The summed E-state index contributed by atoms with van der Waals surface area (Å²) in [6.45, 7) is 14.2. The SMILES string of the molecule is CCC(C)CCCCCCCCCCCCC(=O)OC[C@H](COP(=O)(O)OC[C@@H](O)COP(=O)(O)OC[C@@H](COC(=O)CCCCCCCCC(C)CC)OC(=O)CCCCCCCCCCC(C)C)OC(=O)CCCCCCCCCCCCCCCCCC(C)C. The Morgan fingerprint density at radius 2 is 0.516 bits per heavy atom. The predicted molar refractivity (Wildman–Crippen MR) is 377 cm³/mol. The summed E-state index contributed by atoms with van der Waals surface area (Å²) in [7, 11) is -9.91. The molecule has 0 aromatic rings. The summed E-state index contributed by atoms with van der Waals surface area (Å²) in [6.07, 6.45) is 47.2. The molecule has 4 unspecified atom stereocenters. The fourth-order valence-electron chi connectivity index (χ4n) is 11.1. The van der Waals surface area contributed by atoms with Crippen LogP contribution in [0.5, 0.6) is 0 Å². The molecule has 0 saturated heterocycles. The van der Waals surface area contributed by atoms with Gasteiger partial charge in [0.15, 0.2) is 12.2 Å². The first-order valence-corrected chi connectivity index (χ1v) is 41.3. The van der Waals surface area contributed by atoms with Gasteiger partial charge in [-0.15, -0.1) is 0 Å². The predicted octanol–water partition coefficient (Wildman–Crippen LogP) is 21.3. The lowest BCUT2D eigenvalue weighted by molar-refractivity contribution is -0.161. The Kier molecular flexibility index (Phi) is 62.2. The van der Waals surface area contributed by atoms with Crippen molar-refractivity contribution in [2.45, 2.75) is 388 Å². The Balaban J connectivity index is 5.25. The molecule has 93 heavy (non-hydrogen) atoms. The summed E-state index contributed by atoms with van der Waals surface area (Å²) >= 11 is 0. The summed E-state index contributed by atoms with van der Waals surface area (Å²) < 4.78 is 68.4. The molecular weight excluding hydrogens is 1220 g/mol. The Bertz CT molecular complexity index is 1840. The maximum absolute atomic E-state index is 13.1. The van der Waals surface area contributed by atoms with Crippen LogP contribution in [-0.2, 0) is 65.4 Å². The highest BCUT2D eigenvalue weighted by Gasteiger charge is 2.30. The summed E-state index contributed by atoms with van der Waals surface area (Å²) in [5, 5.41) is 10.6. The van der Waals surface area contributed by atoms with Crippen molar-refractivity contribution in [1.82, 2.24) is 0 Å². The summed E-state index contributed by atoms with van der Waals surface area (Å²) in [6, 6.07) is 0. The molecular formula is C74H144O17P2. The fourth-order valence-corrected chi connectivity index (χ4v) is 12.7. The van der Waals surface area contributed by atoms with Gasteiger partial charge < -0.3 is 33.8 Å². The Morgan fingerprint density at radius 1 is 0.301 bits per heavy atom. The molecule has 0 aromatic carbocycles. The van der Waals surface area contributed by atoms with E-state index >= 15 is 0 Å². The van der Waals surface area contributed by atoms with Gasteiger partial charge in [0.1, 0.15) is 19.3 Å². The number of carbonyl (C=O) groups is 4. The fraction of sp³-hybridized carbons (Fsp3) is 0.946. The van der Waals surface area contributed by atoms with Crippen LogP contribution in [0, 0.1) is 23.7 Å². The lowest BCUT2D eigenvalue weighted by atomic mass is 9.99. The molecule has 0 rings (SSSR count). The lowest BCUT2D eigenvalue weighted by Gasteiger charge is -2.21. The molecule has 0 heterocycles. The minimum atomic E-state index is -4.96. The molecule has 3 N–H and O–H groups in total. The third kappa shape index (κ3) is 65.8. The number of phosphoric ester groups is 2. The van der Waals surface area contributed by atoms with Crippen LogP contribution < -0.4 is 0 Å². The first-order valence-electron chi connectivity index (χ1n) is 38.3. The van der Waals surface area contributed by atoms with Gasteiger partial charge in [-0.2, -0.15) is 0 Å². The summed E-state index contributed by atoms with van der Waals surface area (Å²) in [5.74, 6) is 0.935. The van der Waals surface area contributed by atoms with E-state index in [-0.39, 0.29) is 25.7 Å². The number of ether oxygens (including phenoxy) is 4. The van der Waals surface area contributed by atoms with Gasteiger partial charge in [-0.05, 0) is 49.4 Å². The van der Waals surface area contributed by atoms with Crippen LogP contribution in [0.1, 0.15) is 370 Å². The average Bonchev–Trinajstić information content (AvgIpc) is 2.82. The number of esters is 4. The number of rotatable bonds is 71. The number of phosphoric acid groups is 2. The van der Waals surface area contributed by atoms with Crippen molar-refractivity contribution >= 4 is 39.5 Å². The van der Waals surface area contributed by atoms with Gasteiger partial charge in [-0.25, -0.2) is 9.13 Å². The molecule has 0 aliphatic rings. The van der Waals surface area contributed by atoms with E-state index in [4.69, 9.17) is 37.0 Å². The molecule has 0 spiro atoms. The van der Waals surface area contributed by atoms with Crippen LogP contribution in [0.2, 0.25) is 0 Å². The van der Waals surface area contributed by atoms with Crippen molar-refractivity contribution in [3.63, 3.8) is 0 Å². The second-order valence-corrected chi connectivity index (χ2v) is 31.0. The van der Waals surface area contributed by atoms with E-state index in [9.17, 15) is 43.2 Å². The second-order valence-electron chi connectivity index (χ2n) is 28.1. The minimum Gasteiger partial charge on any atom is -0.462 e. The van der Waals surface area contributed by atoms with Crippen molar-refractivity contribution in [1.29, 1.82) is 0 Å².